The maximum absolute atomic E-state index is 5.71. The number of benzene rings is 1. The molecular formula is C15H21N3O. The molecule has 1 N–H and O–H groups in total. The molecule has 1 unspecified atom stereocenters. The van der Waals surface area contributed by atoms with Crippen molar-refractivity contribution in [3.05, 3.63) is 42.2 Å². The van der Waals surface area contributed by atoms with E-state index in [1.165, 1.54) is 0 Å². The Balaban J connectivity index is 1.92. The van der Waals surface area contributed by atoms with Crippen LogP contribution in [0.2, 0.25) is 0 Å². The van der Waals surface area contributed by atoms with Crippen LogP contribution in [0.5, 0.6) is 5.75 Å². The number of ether oxygens (including phenoxy) is 1. The molecule has 0 aliphatic rings. The average Bonchev–Trinajstić information content (AvgIpc) is 2.93. The number of hydrogen-bond donors (Lipinski definition) is 1. The first-order valence-electron chi connectivity index (χ1n) is 6.67. The van der Waals surface area contributed by atoms with E-state index >= 15 is 0 Å². The van der Waals surface area contributed by atoms with Crippen molar-refractivity contribution in [2.75, 3.05) is 12.4 Å². The number of aromatic nitrogens is 2. The van der Waals surface area contributed by atoms with Gasteiger partial charge in [0.05, 0.1) is 5.69 Å². The monoisotopic (exact) mass is 259 g/mol. The molecule has 0 amide bonds. The van der Waals surface area contributed by atoms with Crippen LogP contribution in [0.3, 0.4) is 0 Å². The Bertz CT molecular complexity index is 504. The summed E-state index contributed by atoms with van der Waals surface area (Å²) >= 11 is 0. The third-order valence-corrected chi connectivity index (χ3v) is 3.24. The van der Waals surface area contributed by atoms with Crippen LogP contribution in [-0.2, 0) is 6.61 Å². The first-order valence-corrected chi connectivity index (χ1v) is 6.67. The summed E-state index contributed by atoms with van der Waals surface area (Å²) in [7, 11) is 1.90. The van der Waals surface area contributed by atoms with Gasteiger partial charge in [-0.25, -0.2) is 0 Å². The van der Waals surface area contributed by atoms with Crippen LogP contribution in [0.1, 0.15) is 32.0 Å². The van der Waals surface area contributed by atoms with Gasteiger partial charge in [-0.3, -0.25) is 4.68 Å². The van der Waals surface area contributed by atoms with E-state index < -0.39 is 0 Å². The highest BCUT2D eigenvalue weighted by Crippen LogP contribution is 2.16. The van der Waals surface area contributed by atoms with Crippen molar-refractivity contribution < 1.29 is 4.74 Å². The van der Waals surface area contributed by atoms with E-state index in [-0.39, 0.29) is 0 Å². The van der Waals surface area contributed by atoms with Crippen LogP contribution in [0.25, 0.3) is 0 Å². The van der Waals surface area contributed by atoms with Crippen LogP contribution >= 0.6 is 0 Å². The van der Waals surface area contributed by atoms with Gasteiger partial charge in [-0.1, -0.05) is 6.92 Å². The van der Waals surface area contributed by atoms with E-state index in [0.29, 0.717) is 12.6 Å². The fourth-order valence-corrected chi connectivity index (χ4v) is 1.76. The molecule has 0 saturated carbocycles. The molecule has 0 fully saturated rings. The summed E-state index contributed by atoms with van der Waals surface area (Å²) < 4.78 is 7.70. The van der Waals surface area contributed by atoms with Gasteiger partial charge in [0.15, 0.2) is 0 Å². The second kappa shape index (κ2) is 6.27. The molecule has 4 heteroatoms. The fraction of sp³-hybridized carbons (Fsp3) is 0.400. The first-order chi connectivity index (χ1) is 9.22. The number of anilines is 1. The van der Waals surface area contributed by atoms with Crippen molar-refractivity contribution in [2.45, 2.75) is 32.9 Å². The van der Waals surface area contributed by atoms with E-state index in [4.69, 9.17) is 4.74 Å². The maximum atomic E-state index is 5.71. The molecule has 0 aliphatic carbocycles. The highest BCUT2D eigenvalue weighted by molar-refractivity contribution is 5.45. The summed E-state index contributed by atoms with van der Waals surface area (Å²) in [5.74, 6) is 0.858. The smallest absolute Gasteiger partial charge is 0.132 e. The third kappa shape index (κ3) is 3.50. The van der Waals surface area contributed by atoms with Gasteiger partial charge in [-0.15, -0.1) is 0 Å². The molecule has 1 heterocycles. The zero-order valence-electron chi connectivity index (χ0n) is 11.8. The summed E-state index contributed by atoms with van der Waals surface area (Å²) in [5, 5.41) is 7.59. The molecule has 19 heavy (non-hydrogen) atoms. The van der Waals surface area contributed by atoms with Gasteiger partial charge in [-0.05, 0) is 43.7 Å². The minimum absolute atomic E-state index is 0.434. The topological polar surface area (TPSA) is 39.1 Å². The minimum atomic E-state index is 0.434. The van der Waals surface area contributed by atoms with Crippen LogP contribution in [0.4, 0.5) is 5.69 Å². The molecule has 2 aromatic rings. The highest BCUT2D eigenvalue weighted by Gasteiger charge is 2.05. The number of nitrogens with zero attached hydrogens (tertiary/aromatic N) is 2. The van der Waals surface area contributed by atoms with Gasteiger partial charge in [-0.2, -0.15) is 5.10 Å². The number of nitrogens with one attached hydrogen (secondary N) is 1. The standard InChI is InChI=1S/C15H21N3O/c1-4-12(2)18-10-9-14(17-18)11-19-15-7-5-13(16-3)6-8-15/h5-10,12,16H,4,11H2,1-3H3. The van der Waals surface area contributed by atoms with Crippen LogP contribution in [0.15, 0.2) is 36.5 Å². The summed E-state index contributed by atoms with van der Waals surface area (Å²) in [5.41, 5.74) is 2.03. The lowest BCUT2D eigenvalue weighted by atomic mass is 10.3. The molecule has 0 spiro atoms. The Morgan fingerprint density at radius 2 is 2.00 bits per heavy atom. The summed E-state index contributed by atoms with van der Waals surface area (Å²) in [6, 6.07) is 10.3. The summed E-state index contributed by atoms with van der Waals surface area (Å²) in [4.78, 5) is 0. The van der Waals surface area contributed by atoms with Crippen molar-refractivity contribution in [1.29, 1.82) is 0 Å². The Morgan fingerprint density at radius 3 is 2.63 bits per heavy atom. The molecule has 1 atom stereocenters. The van der Waals surface area contributed by atoms with Crippen molar-refractivity contribution in [3.63, 3.8) is 0 Å². The lowest BCUT2D eigenvalue weighted by molar-refractivity contribution is 0.298. The number of rotatable bonds is 6. The summed E-state index contributed by atoms with van der Waals surface area (Å²) in [6.07, 6.45) is 3.09. The quantitative estimate of drug-likeness (QED) is 0.863. The van der Waals surface area contributed by atoms with Gasteiger partial charge < -0.3 is 10.1 Å². The molecule has 0 aliphatic heterocycles. The van der Waals surface area contributed by atoms with Crippen molar-refractivity contribution in [1.82, 2.24) is 9.78 Å². The number of hydrogen-bond acceptors (Lipinski definition) is 3. The van der Waals surface area contributed by atoms with Crippen LogP contribution in [-0.4, -0.2) is 16.8 Å². The predicted octanol–water partition coefficient (Wildman–Crippen LogP) is 3.47. The van der Waals surface area contributed by atoms with E-state index in [2.05, 4.69) is 24.3 Å². The Labute approximate surface area is 114 Å². The molecule has 4 nitrogen and oxygen atoms in total. The Morgan fingerprint density at radius 1 is 1.26 bits per heavy atom. The fourth-order valence-electron chi connectivity index (χ4n) is 1.76. The summed E-state index contributed by atoms with van der Waals surface area (Å²) in [6.45, 7) is 4.82. The van der Waals surface area contributed by atoms with E-state index in [1.807, 2.05) is 48.3 Å². The third-order valence-electron chi connectivity index (χ3n) is 3.24. The maximum Gasteiger partial charge on any atom is 0.132 e. The van der Waals surface area contributed by atoms with Gasteiger partial charge in [0.25, 0.3) is 0 Å². The van der Waals surface area contributed by atoms with Gasteiger partial charge in [0.2, 0.25) is 0 Å². The van der Waals surface area contributed by atoms with E-state index in [0.717, 1.165) is 23.6 Å². The SMILES string of the molecule is CCC(C)n1ccc(COc2ccc(NC)cc2)n1. The molecule has 0 saturated heterocycles. The van der Waals surface area contributed by atoms with E-state index in [1.54, 1.807) is 0 Å². The zero-order valence-corrected chi connectivity index (χ0v) is 11.8. The highest BCUT2D eigenvalue weighted by atomic mass is 16.5. The minimum Gasteiger partial charge on any atom is -0.487 e. The molecule has 0 radical (unpaired) electrons. The van der Waals surface area contributed by atoms with E-state index in [9.17, 15) is 0 Å². The van der Waals surface area contributed by atoms with Crippen molar-refractivity contribution >= 4 is 5.69 Å². The normalized spacial score (nSPS) is 12.2. The zero-order chi connectivity index (χ0) is 13.7. The Kier molecular flexibility index (Phi) is 4.44. The van der Waals surface area contributed by atoms with Crippen molar-refractivity contribution in [3.8, 4) is 5.75 Å². The molecule has 102 valence electrons. The van der Waals surface area contributed by atoms with Gasteiger partial charge in [0.1, 0.15) is 12.4 Å². The molecule has 1 aromatic heterocycles. The molecular weight excluding hydrogens is 238 g/mol. The first kappa shape index (κ1) is 13.5. The van der Waals surface area contributed by atoms with Crippen LogP contribution in [0, 0.1) is 0 Å². The van der Waals surface area contributed by atoms with Crippen LogP contribution < -0.4 is 10.1 Å². The second-order valence-corrected chi connectivity index (χ2v) is 4.61. The molecule has 0 bridgehead atoms. The molecule has 1 aromatic carbocycles. The lowest BCUT2D eigenvalue weighted by Crippen LogP contribution is -2.05. The van der Waals surface area contributed by atoms with Gasteiger partial charge >= 0.3 is 0 Å². The van der Waals surface area contributed by atoms with Crippen molar-refractivity contribution in [2.24, 2.45) is 0 Å². The average molecular weight is 259 g/mol. The second-order valence-electron chi connectivity index (χ2n) is 4.61. The Hall–Kier alpha value is -1.97. The largest absolute Gasteiger partial charge is 0.487 e. The lowest BCUT2D eigenvalue weighted by Gasteiger charge is -2.08. The predicted molar refractivity (Wildman–Crippen MR) is 77.5 cm³/mol. The molecule has 2 rings (SSSR count). The van der Waals surface area contributed by atoms with Gasteiger partial charge in [0, 0.05) is 25.0 Å².